The van der Waals surface area contributed by atoms with Crippen LogP contribution in [0.2, 0.25) is 0 Å². The van der Waals surface area contributed by atoms with Gasteiger partial charge in [-0.2, -0.15) is 0 Å². The van der Waals surface area contributed by atoms with E-state index in [1.165, 1.54) is 6.07 Å². The smallest absolute Gasteiger partial charge is 0.230 e. The zero-order valence-electron chi connectivity index (χ0n) is 21.9. The first-order chi connectivity index (χ1) is 17.5. The molecule has 0 saturated heterocycles. The number of carbonyl (C=O) groups excluding carboxylic acids is 2. The number of rotatable bonds is 9. The molecule has 0 bridgehead atoms. The Morgan fingerprint density at radius 1 is 1.08 bits per heavy atom. The summed E-state index contributed by atoms with van der Waals surface area (Å²) < 4.78 is 27.2. The van der Waals surface area contributed by atoms with Crippen molar-refractivity contribution in [1.29, 1.82) is 0 Å². The number of aromatic nitrogens is 1. The van der Waals surface area contributed by atoms with Gasteiger partial charge in [-0.05, 0) is 86.1 Å². The number of nitrogens with two attached hydrogens (primary N) is 1. The third-order valence-electron chi connectivity index (χ3n) is 8.14. The van der Waals surface area contributed by atoms with E-state index >= 15 is 0 Å². The Kier molecular flexibility index (Phi) is 7.97. The van der Waals surface area contributed by atoms with E-state index in [2.05, 4.69) is 29.5 Å². The molecule has 1 aromatic carbocycles. The molecule has 2 aliphatic carbocycles. The number of hydrogen-bond donors (Lipinski definition) is 3. The summed E-state index contributed by atoms with van der Waals surface area (Å²) in [6.45, 7) is 6.65. The molecule has 2 aromatic rings. The molecular formula is C29H38F2N4O2. The second-order valence-corrected chi connectivity index (χ2v) is 11.7. The Balaban J connectivity index is 1.43. The maximum atomic E-state index is 13.8. The molecule has 0 spiro atoms. The second kappa shape index (κ2) is 10.9. The van der Waals surface area contributed by atoms with E-state index in [4.69, 9.17) is 5.73 Å². The van der Waals surface area contributed by atoms with Gasteiger partial charge in [0.1, 0.15) is 0 Å². The minimum atomic E-state index is -0.948. The predicted molar refractivity (Wildman–Crippen MR) is 140 cm³/mol. The van der Waals surface area contributed by atoms with Crippen LogP contribution in [0.3, 0.4) is 0 Å². The fourth-order valence-corrected chi connectivity index (χ4v) is 6.08. The quantitative estimate of drug-likeness (QED) is 0.443. The van der Waals surface area contributed by atoms with Crippen LogP contribution in [-0.4, -0.2) is 29.4 Å². The van der Waals surface area contributed by atoms with Crippen LogP contribution in [0.4, 0.5) is 14.5 Å². The molecule has 2 amide bonds. The van der Waals surface area contributed by atoms with Crippen LogP contribution in [0.25, 0.3) is 0 Å². The molecule has 0 aliphatic heterocycles. The lowest BCUT2D eigenvalue weighted by Gasteiger charge is -2.44. The van der Waals surface area contributed by atoms with Crippen LogP contribution in [0.15, 0.2) is 42.7 Å². The molecule has 2 saturated carbocycles. The maximum absolute atomic E-state index is 13.8. The topological polar surface area (TPSA) is 97.1 Å². The molecule has 8 heteroatoms. The summed E-state index contributed by atoms with van der Waals surface area (Å²) in [5.74, 6) is -1.19. The summed E-state index contributed by atoms with van der Waals surface area (Å²) in [6.07, 6.45) is 7.80. The summed E-state index contributed by atoms with van der Waals surface area (Å²) in [5.41, 5.74) is 6.45. The fourth-order valence-electron chi connectivity index (χ4n) is 6.08. The molecule has 0 radical (unpaired) electrons. The third kappa shape index (κ3) is 6.17. The van der Waals surface area contributed by atoms with E-state index in [1.807, 2.05) is 6.92 Å². The van der Waals surface area contributed by atoms with E-state index in [0.29, 0.717) is 42.3 Å². The van der Waals surface area contributed by atoms with Crippen molar-refractivity contribution in [2.75, 3.05) is 11.9 Å². The molecule has 2 fully saturated rings. The Morgan fingerprint density at radius 2 is 1.78 bits per heavy atom. The van der Waals surface area contributed by atoms with Crippen LogP contribution in [-0.2, 0) is 15.0 Å². The van der Waals surface area contributed by atoms with Gasteiger partial charge < -0.3 is 16.4 Å². The molecule has 4 unspecified atom stereocenters. The number of pyridine rings is 1. The normalized spacial score (nSPS) is 25.4. The molecule has 2 aliphatic rings. The molecule has 1 aromatic heterocycles. The number of hydrogen-bond acceptors (Lipinski definition) is 4. The van der Waals surface area contributed by atoms with Crippen LogP contribution >= 0.6 is 0 Å². The second-order valence-electron chi connectivity index (χ2n) is 11.7. The lowest BCUT2D eigenvalue weighted by atomic mass is 9.63. The molecule has 1 heterocycles. The van der Waals surface area contributed by atoms with Crippen molar-refractivity contribution >= 4 is 17.5 Å². The number of nitrogens with one attached hydrogen (secondary N) is 2. The number of amides is 2. The van der Waals surface area contributed by atoms with Crippen LogP contribution < -0.4 is 16.4 Å². The number of carbonyl (C=O) groups is 2. The molecule has 4 N–H and O–H groups in total. The molecule has 4 atom stereocenters. The molecule has 4 rings (SSSR count). The summed E-state index contributed by atoms with van der Waals surface area (Å²) in [7, 11) is 0. The van der Waals surface area contributed by atoms with Crippen molar-refractivity contribution in [2.24, 2.45) is 28.9 Å². The van der Waals surface area contributed by atoms with Gasteiger partial charge in [0.05, 0.1) is 5.41 Å². The van der Waals surface area contributed by atoms with E-state index in [0.717, 1.165) is 31.4 Å². The van der Waals surface area contributed by atoms with Crippen LogP contribution in [0, 0.1) is 34.8 Å². The van der Waals surface area contributed by atoms with Gasteiger partial charge in [0.25, 0.3) is 0 Å². The first-order valence-electron chi connectivity index (χ1n) is 13.2. The minimum absolute atomic E-state index is 0.0244. The summed E-state index contributed by atoms with van der Waals surface area (Å²) in [5, 5.41) is 6.02. The van der Waals surface area contributed by atoms with Crippen molar-refractivity contribution < 1.29 is 18.4 Å². The summed E-state index contributed by atoms with van der Waals surface area (Å²) >= 11 is 0. The average molecular weight is 513 g/mol. The van der Waals surface area contributed by atoms with E-state index < -0.39 is 22.5 Å². The highest BCUT2D eigenvalue weighted by atomic mass is 19.2. The fraction of sp³-hybridized carbons (Fsp3) is 0.552. The maximum Gasteiger partial charge on any atom is 0.230 e. The van der Waals surface area contributed by atoms with Crippen molar-refractivity contribution in [2.45, 2.75) is 70.8 Å². The van der Waals surface area contributed by atoms with Gasteiger partial charge in [-0.25, -0.2) is 8.78 Å². The van der Waals surface area contributed by atoms with E-state index in [9.17, 15) is 18.4 Å². The van der Waals surface area contributed by atoms with Crippen molar-refractivity contribution in [3.8, 4) is 0 Å². The van der Waals surface area contributed by atoms with E-state index in [1.54, 1.807) is 24.5 Å². The van der Waals surface area contributed by atoms with E-state index in [-0.39, 0.29) is 30.3 Å². The van der Waals surface area contributed by atoms with Crippen LogP contribution in [0.5, 0.6) is 0 Å². The number of nitrogens with zero attached hydrogens (tertiary/aromatic N) is 1. The standard InChI is InChI=1S/C29H38F2N4O2/c1-18(2)12-19-13-20(16-28(3,15-19)26(36)35-22-6-10-33-11-7-22)25(32)17-34-27(37)29(8-9-29)21-4-5-23(30)24(31)14-21/h4-7,10-11,14,18-20,25H,8-9,12-13,15-17,32H2,1-3H3,(H,34,37)(H,33,35,36). The predicted octanol–water partition coefficient (Wildman–Crippen LogP) is 4.94. The van der Waals surface area contributed by atoms with Crippen molar-refractivity contribution in [3.63, 3.8) is 0 Å². The van der Waals surface area contributed by atoms with Gasteiger partial charge in [0, 0.05) is 36.1 Å². The Bertz CT molecular complexity index is 1120. The highest BCUT2D eigenvalue weighted by Crippen LogP contribution is 2.49. The molecule has 6 nitrogen and oxygen atoms in total. The number of halogens is 2. The summed E-state index contributed by atoms with van der Waals surface area (Å²) in [6, 6.07) is 6.89. The van der Waals surface area contributed by atoms with Crippen molar-refractivity contribution in [1.82, 2.24) is 10.3 Å². The Labute approximate surface area is 217 Å². The first-order valence-corrected chi connectivity index (χ1v) is 13.2. The molecule has 37 heavy (non-hydrogen) atoms. The number of benzene rings is 1. The lowest BCUT2D eigenvalue weighted by Crippen LogP contribution is -2.50. The van der Waals surface area contributed by atoms with Crippen LogP contribution in [0.1, 0.15) is 64.9 Å². The van der Waals surface area contributed by atoms with Crippen molar-refractivity contribution in [3.05, 3.63) is 59.9 Å². The average Bonchev–Trinajstić information content (AvgIpc) is 3.66. The summed E-state index contributed by atoms with van der Waals surface area (Å²) in [4.78, 5) is 30.5. The zero-order valence-corrected chi connectivity index (χ0v) is 21.9. The Hall–Kier alpha value is -2.87. The Morgan fingerprint density at radius 3 is 2.41 bits per heavy atom. The van der Waals surface area contributed by atoms with Gasteiger partial charge in [-0.1, -0.05) is 26.8 Å². The van der Waals surface area contributed by atoms with Gasteiger partial charge in [-0.15, -0.1) is 0 Å². The van der Waals surface area contributed by atoms with Gasteiger partial charge in [0.15, 0.2) is 11.6 Å². The molecular weight excluding hydrogens is 474 g/mol. The minimum Gasteiger partial charge on any atom is -0.354 e. The molecule has 200 valence electrons. The van der Waals surface area contributed by atoms with Gasteiger partial charge >= 0.3 is 0 Å². The highest BCUT2D eigenvalue weighted by Gasteiger charge is 2.51. The van der Waals surface area contributed by atoms with Gasteiger partial charge in [0.2, 0.25) is 11.8 Å². The highest BCUT2D eigenvalue weighted by molar-refractivity contribution is 5.95. The zero-order chi connectivity index (χ0) is 26.8. The first kappa shape index (κ1) is 27.2. The SMILES string of the molecule is CC(C)CC1CC(C(N)CNC(=O)C2(c3ccc(F)c(F)c3)CC2)CC(C)(C(=O)Nc2ccncc2)C1. The largest absolute Gasteiger partial charge is 0.354 e. The third-order valence-corrected chi connectivity index (χ3v) is 8.14. The monoisotopic (exact) mass is 512 g/mol. The lowest BCUT2D eigenvalue weighted by molar-refractivity contribution is -0.129. The number of anilines is 1. The van der Waals surface area contributed by atoms with Gasteiger partial charge in [-0.3, -0.25) is 14.6 Å².